The van der Waals surface area contributed by atoms with Crippen molar-refractivity contribution >= 4 is 23.4 Å². The molecule has 0 radical (unpaired) electrons. The van der Waals surface area contributed by atoms with E-state index in [0.29, 0.717) is 11.4 Å². The fourth-order valence-electron chi connectivity index (χ4n) is 3.51. The van der Waals surface area contributed by atoms with Gasteiger partial charge in [-0.25, -0.2) is 4.79 Å². The number of carbonyl (C=O) groups is 1. The fourth-order valence-corrected chi connectivity index (χ4v) is 3.69. The maximum absolute atomic E-state index is 12.4. The number of amides is 1. The number of hydrogen-bond acceptors (Lipinski definition) is 3. The summed E-state index contributed by atoms with van der Waals surface area (Å²) in [7, 11) is 0. The first-order chi connectivity index (χ1) is 13.7. The molecule has 1 amide bonds. The first kappa shape index (κ1) is 18.4. The molecule has 3 aromatic rings. The summed E-state index contributed by atoms with van der Waals surface area (Å²) in [5.74, 6) is 0. The Bertz CT molecular complexity index is 947. The van der Waals surface area contributed by atoms with Gasteiger partial charge in [-0.05, 0) is 41.3 Å². The molecule has 1 heterocycles. The van der Waals surface area contributed by atoms with Crippen LogP contribution >= 0.6 is 11.6 Å². The zero-order valence-corrected chi connectivity index (χ0v) is 16.0. The summed E-state index contributed by atoms with van der Waals surface area (Å²) in [6.45, 7) is 0.238. The number of halogens is 1. The molecule has 0 aliphatic carbocycles. The first-order valence-electron chi connectivity index (χ1n) is 9.27. The lowest BCUT2D eigenvalue weighted by atomic mass is 9.89. The van der Waals surface area contributed by atoms with Gasteiger partial charge < -0.3 is 15.4 Å². The van der Waals surface area contributed by atoms with Crippen molar-refractivity contribution < 1.29 is 9.53 Å². The number of alkyl carbamates (subject to hydrolysis) is 1. The molecule has 2 N–H and O–H groups in total. The number of nitrogens with one attached hydrogen (secondary N) is 2. The Morgan fingerprint density at radius 3 is 2.50 bits per heavy atom. The lowest BCUT2D eigenvalue weighted by Crippen LogP contribution is -2.34. The predicted molar refractivity (Wildman–Crippen MR) is 111 cm³/mol. The van der Waals surface area contributed by atoms with Crippen LogP contribution in [0, 0.1) is 0 Å². The van der Waals surface area contributed by atoms with Gasteiger partial charge in [0.2, 0.25) is 0 Å². The van der Waals surface area contributed by atoms with E-state index >= 15 is 0 Å². The van der Waals surface area contributed by atoms with E-state index in [0.717, 1.165) is 16.8 Å². The topological polar surface area (TPSA) is 50.4 Å². The van der Waals surface area contributed by atoms with Crippen molar-refractivity contribution in [3.05, 3.63) is 101 Å². The Morgan fingerprint density at radius 1 is 1.04 bits per heavy atom. The molecule has 0 saturated heterocycles. The smallest absolute Gasteiger partial charge is 0.407 e. The first-order valence-corrected chi connectivity index (χ1v) is 9.65. The van der Waals surface area contributed by atoms with Gasteiger partial charge in [-0.15, -0.1) is 0 Å². The van der Waals surface area contributed by atoms with Crippen molar-refractivity contribution in [1.82, 2.24) is 5.32 Å². The number of carbonyl (C=O) groups excluding carboxylic acids is 1. The van der Waals surface area contributed by atoms with Gasteiger partial charge in [-0.3, -0.25) is 0 Å². The number of fused-ring (bicyclic) bond motifs is 1. The van der Waals surface area contributed by atoms with Crippen LogP contribution in [0.2, 0.25) is 5.02 Å². The highest BCUT2D eigenvalue weighted by Gasteiger charge is 2.29. The van der Waals surface area contributed by atoms with Crippen LogP contribution in [0.3, 0.4) is 0 Å². The molecule has 142 valence electrons. The van der Waals surface area contributed by atoms with E-state index < -0.39 is 6.09 Å². The van der Waals surface area contributed by atoms with Crippen LogP contribution in [0.25, 0.3) is 0 Å². The van der Waals surface area contributed by atoms with Crippen LogP contribution in [0.5, 0.6) is 0 Å². The Balaban J connectivity index is 1.51. The average Bonchev–Trinajstić information content (AvgIpc) is 2.74. The van der Waals surface area contributed by atoms with Crippen LogP contribution in [0.1, 0.15) is 35.2 Å². The maximum atomic E-state index is 12.4. The third-order valence-electron chi connectivity index (χ3n) is 4.90. The highest BCUT2D eigenvalue weighted by molar-refractivity contribution is 6.30. The van der Waals surface area contributed by atoms with Crippen molar-refractivity contribution in [2.24, 2.45) is 0 Å². The Kier molecular flexibility index (Phi) is 5.49. The Hall–Kier alpha value is -2.98. The normalized spacial score (nSPS) is 17.9. The van der Waals surface area contributed by atoms with Gasteiger partial charge in [0.25, 0.3) is 0 Å². The van der Waals surface area contributed by atoms with Crippen molar-refractivity contribution in [2.45, 2.75) is 25.1 Å². The highest BCUT2D eigenvalue weighted by atomic mass is 35.5. The summed E-state index contributed by atoms with van der Waals surface area (Å²) in [4.78, 5) is 12.4. The largest absolute Gasteiger partial charge is 0.445 e. The van der Waals surface area contributed by atoms with Gasteiger partial charge in [0.05, 0.1) is 12.1 Å². The average molecular weight is 393 g/mol. The number of benzene rings is 3. The second-order valence-electron chi connectivity index (χ2n) is 6.83. The monoisotopic (exact) mass is 392 g/mol. The van der Waals surface area contributed by atoms with Gasteiger partial charge in [-0.1, -0.05) is 72.3 Å². The molecule has 2 atom stereocenters. The fraction of sp³-hybridized carbons (Fsp3) is 0.174. The third-order valence-corrected chi connectivity index (χ3v) is 5.13. The molecule has 3 aromatic carbocycles. The van der Waals surface area contributed by atoms with Gasteiger partial charge >= 0.3 is 6.09 Å². The summed E-state index contributed by atoms with van der Waals surface area (Å²) < 4.78 is 5.41. The zero-order chi connectivity index (χ0) is 19.3. The van der Waals surface area contributed by atoms with E-state index in [1.54, 1.807) is 0 Å². The van der Waals surface area contributed by atoms with E-state index in [1.165, 1.54) is 5.56 Å². The van der Waals surface area contributed by atoms with Crippen LogP contribution in [0.15, 0.2) is 78.9 Å². The van der Waals surface area contributed by atoms with E-state index in [1.807, 2.05) is 66.7 Å². The SMILES string of the molecule is O=C(N[C@H]1C[C@@H](c2ccccc2)Nc2ccc(Cl)cc21)OCc1ccccc1. The summed E-state index contributed by atoms with van der Waals surface area (Å²) in [6.07, 6.45) is 0.270. The maximum Gasteiger partial charge on any atom is 0.407 e. The minimum Gasteiger partial charge on any atom is -0.445 e. The molecule has 28 heavy (non-hydrogen) atoms. The molecule has 4 rings (SSSR count). The molecule has 1 aliphatic rings. The number of rotatable bonds is 4. The second kappa shape index (κ2) is 8.36. The van der Waals surface area contributed by atoms with E-state index in [-0.39, 0.29) is 18.7 Å². The molecular weight excluding hydrogens is 372 g/mol. The predicted octanol–water partition coefficient (Wildman–Crippen LogP) is 5.86. The van der Waals surface area contributed by atoms with E-state index in [2.05, 4.69) is 22.8 Å². The minimum atomic E-state index is -0.437. The standard InChI is InChI=1S/C23H21ClN2O2/c24-18-11-12-20-19(13-18)22(14-21(25-20)17-9-5-2-6-10-17)26-23(27)28-15-16-7-3-1-4-8-16/h1-13,21-22,25H,14-15H2,(H,26,27)/t21-,22-/m0/s1. The van der Waals surface area contributed by atoms with Crippen LogP contribution in [-0.4, -0.2) is 6.09 Å². The highest BCUT2D eigenvalue weighted by Crippen LogP contribution is 2.40. The van der Waals surface area contributed by atoms with Gasteiger partial charge in [0, 0.05) is 10.7 Å². The lowest BCUT2D eigenvalue weighted by Gasteiger charge is -2.34. The molecule has 0 unspecified atom stereocenters. The van der Waals surface area contributed by atoms with E-state index in [9.17, 15) is 4.79 Å². The van der Waals surface area contributed by atoms with Gasteiger partial charge in [0.15, 0.2) is 0 Å². The Labute approximate surface area is 169 Å². The molecule has 5 heteroatoms. The number of anilines is 1. The summed E-state index contributed by atoms with van der Waals surface area (Å²) in [5.41, 5.74) is 4.07. The minimum absolute atomic E-state index is 0.0919. The number of ether oxygens (including phenoxy) is 1. The van der Waals surface area contributed by atoms with Crippen molar-refractivity contribution in [2.75, 3.05) is 5.32 Å². The Morgan fingerprint density at radius 2 is 1.75 bits per heavy atom. The molecule has 0 spiro atoms. The molecule has 0 bridgehead atoms. The zero-order valence-electron chi connectivity index (χ0n) is 15.3. The van der Waals surface area contributed by atoms with Crippen LogP contribution in [-0.2, 0) is 11.3 Å². The molecule has 0 saturated carbocycles. The van der Waals surface area contributed by atoms with Crippen molar-refractivity contribution in [3.8, 4) is 0 Å². The van der Waals surface area contributed by atoms with Crippen LogP contribution < -0.4 is 10.6 Å². The molecule has 4 nitrogen and oxygen atoms in total. The summed E-state index contributed by atoms with van der Waals surface area (Å²) in [5, 5.41) is 7.21. The second-order valence-corrected chi connectivity index (χ2v) is 7.27. The van der Waals surface area contributed by atoms with Crippen molar-refractivity contribution in [3.63, 3.8) is 0 Å². The van der Waals surface area contributed by atoms with E-state index in [4.69, 9.17) is 16.3 Å². The third kappa shape index (κ3) is 4.29. The molecule has 1 aliphatic heterocycles. The van der Waals surface area contributed by atoms with Crippen molar-refractivity contribution in [1.29, 1.82) is 0 Å². The van der Waals surface area contributed by atoms with Crippen LogP contribution in [0.4, 0.5) is 10.5 Å². The van der Waals surface area contributed by atoms with Gasteiger partial charge in [-0.2, -0.15) is 0 Å². The molecular formula is C23H21ClN2O2. The number of hydrogen-bond donors (Lipinski definition) is 2. The van der Waals surface area contributed by atoms with Gasteiger partial charge in [0.1, 0.15) is 6.61 Å². The summed E-state index contributed by atoms with van der Waals surface area (Å²) in [6, 6.07) is 25.4. The molecule has 0 aromatic heterocycles. The quantitative estimate of drug-likeness (QED) is 0.584. The summed E-state index contributed by atoms with van der Waals surface area (Å²) >= 11 is 6.20. The molecule has 0 fully saturated rings. The lowest BCUT2D eigenvalue weighted by molar-refractivity contribution is 0.134.